The van der Waals surface area contributed by atoms with E-state index < -0.39 is 0 Å². The number of carbonyl (C=O) groups excluding carboxylic acids is 1. The first-order valence-corrected chi connectivity index (χ1v) is 7.12. The second-order valence-electron chi connectivity index (χ2n) is 5.86. The van der Waals surface area contributed by atoms with E-state index >= 15 is 0 Å². The fourth-order valence-electron chi connectivity index (χ4n) is 3.56. The molecular formula is C15H21N3O. The van der Waals surface area contributed by atoms with Gasteiger partial charge in [0.05, 0.1) is 12.1 Å². The van der Waals surface area contributed by atoms with Crippen molar-refractivity contribution in [1.29, 1.82) is 0 Å². The smallest absolute Gasteiger partial charge is 0.229 e. The van der Waals surface area contributed by atoms with Crippen LogP contribution in [0, 0.1) is 6.92 Å². The number of hydrogen-bond donors (Lipinski definition) is 1. The quantitative estimate of drug-likeness (QED) is 0.873. The lowest BCUT2D eigenvalue weighted by atomic mass is 9.97. The van der Waals surface area contributed by atoms with Gasteiger partial charge in [-0.3, -0.25) is 9.78 Å². The monoisotopic (exact) mass is 259 g/mol. The van der Waals surface area contributed by atoms with E-state index in [-0.39, 0.29) is 11.9 Å². The minimum atomic E-state index is 0.223. The van der Waals surface area contributed by atoms with E-state index in [1.807, 2.05) is 19.1 Å². The van der Waals surface area contributed by atoms with Crippen molar-refractivity contribution in [3.63, 3.8) is 0 Å². The maximum atomic E-state index is 12.5. The van der Waals surface area contributed by atoms with Crippen molar-refractivity contribution in [2.24, 2.45) is 5.73 Å². The van der Waals surface area contributed by atoms with Crippen LogP contribution in [0.5, 0.6) is 0 Å². The number of aryl methyl sites for hydroxylation is 1. The lowest BCUT2D eigenvalue weighted by Gasteiger charge is -2.37. The van der Waals surface area contributed by atoms with Gasteiger partial charge in [0.2, 0.25) is 5.91 Å². The maximum absolute atomic E-state index is 12.5. The molecule has 4 heteroatoms. The molecule has 0 aliphatic carbocycles. The second-order valence-corrected chi connectivity index (χ2v) is 5.86. The Morgan fingerprint density at radius 3 is 2.74 bits per heavy atom. The number of amides is 1. The number of nitrogens with zero attached hydrogens (tertiary/aromatic N) is 2. The summed E-state index contributed by atoms with van der Waals surface area (Å²) in [6, 6.07) is 4.93. The van der Waals surface area contributed by atoms with Gasteiger partial charge in [-0.15, -0.1) is 0 Å². The van der Waals surface area contributed by atoms with E-state index in [4.69, 9.17) is 5.73 Å². The van der Waals surface area contributed by atoms with Crippen LogP contribution in [0.25, 0.3) is 0 Å². The largest absolute Gasteiger partial charge is 0.336 e. The van der Waals surface area contributed by atoms with Crippen LogP contribution in [-0.2, 0) is 11.2 Å². The minimum absolute atomic E-state index is 0.223. The third kappa shape index (κ3) is 2.37. The first-order valence-electron chi connectivity index (χ1n) is 7.12. The van der Waals surface area contributed by atoms with Crippen molar-refractivity contribution < 1.29 is 4.79 Å². The summed E-state index contributed by atoms with van der Waals surface area (Å²) >= 11 is 0. The lowest BCUT2D eigenvalue weighted by molar-refractivity contribution is -0.135. The van der Waals surface area contributed by atoms with Crippen LogP contribution in [0.4, 0.5) is 0 Å². The highest BCUT2D eigenvalue weighted by Gasteiger charge is 2.41. The molecule has 19 heavy (non-hydrogen) atoms. The van der Waals surface area contributed by atoms with Crippen molar-refractivity contribution in [3.05, 3.63) is 29.6 Å². The Balaban J connectivity index is 1.73. The van der Waals surface area contributed by atoms with E-state index in [0.717, 1.165) is 36.9 Å². The van der Waals surface area contributed by atoms with Crippen LogP contribution in [0.3, 0.4) is 0 Å². The molecule has 2 N–H and O–H groups in total. The summed E-state index contributed by atoms with van der Waals surface area (Å²) in [6.45, 7) is 2.01. The molecule has 1 amide bonds. The van der Waals surface area contributed by atoms with E-state index in [9.17, 15) is 4.79 Å². The summed E-state index contributed by atoms with van der Waals surface area (Å²) in [5, 5.41) is 0. The molecule has 2 aliphatic rings. The topological polar surface area (TPSA) is 59.2 Å². The third-order valence-corrected chi connectivity index (χ3v) is 4.49. The average molecular weight is 259 g/mol. The Bertz CT molecular complexity index is 474. The Kier molecular flexibility index (Phi) is 3.27. The van der Waals surface area contributed by atoms with Gasteiger partial charge in [-0.1, -0.05) is 6.07 Å². The summed E-state index contributed by atoms with van der Waals surface area (Å²) in [4.78, 5) is 19.0. The van der Waals surface area contributed by atoms with Gasteiger partial charge in [0.1, 0.15) is 0 Å². The highest BCUT2D eigenvalue weighted by Crippen LogP contribution is 2.35. The first kappa shape index (κ1) is 12.6. The summed E-state index contributed by atoms with van der Waals surface area (Å²) in [5.74, 6) is 0.223. The molecule has 2 saturated heterocycles. The van der Waals surface area contributed by atoms with Gasteiger partial charge in [-0.2, -0.15) is 0 Å². The number of pyridine rings is 1. The Morgan fingerprint density at radius 1 is 1.42 bits per heavy atom. The van der Waals surface area contributed by atoms with Crippen molar-refractivity contribution in [3.8, 4) is 0 Å². The van der Waals surface area contributed by atoms with Crippen LogP contribution in [0.2, 0.25) is 0 Å². The second kappa shape index (κ2) is 4.93. The fourth-order valence-corrected chi connectivity index (χ4v) is 3.56. The first-order chi connectivity index (χ1) is 9.15. The molecule has 0 radical (unpaired) electrons. The van der Waals surface area contributed by atoms with Gasteiger partial charge in [-0.05, 0) is 44.2 Å². The van der Waals surface area contributed by atoms with Crippen LogP contribution in [-0.4, -0.2) is 33.9 Å². The highest BCUT2D eigenvalue weighted by molar-refractivity contribution is 5.79. The van der Waals surface area contributed by atoms with Crippen molar-refractivity contribution >= 4 is 5.91 Å². The molecule has 2 aliphatic heterocycles. The fraction of sp³-hybridized carbons (Fsp3) is 0.600. The molecule has 2 unspecified atom stereocenters. The standard InChI is InChI=1S/C15H21N3O/c1-10-3-2-6-17-14(10)9-15(19)18-12-4-5-13(18)8-11(16)7-12/h2-3,6,11-13H,4-5,7-9,16H2,1H3. The SMILES string of the molecule is Cc1cccnc1CC(=O)N1C2CCC1CC(N)C2. The van der Waals surface area contributed by atoms with Crippen LogP contribution >= 0.6 is 0 Å². The minimum Gasteiger partial charge on any atom is -0.336 e. The van der Waals surface area contributed by atoms with Crippen molar-refractivity contribution in [2.45, 2.75) is 57.2 Å². The molecule has 1 aromatic rings. The van der Waals surface area contributed by atoms with Crippen LogP contribution in [0.1, 0.15) is 36.9 Å². The number of rotatable bonds is 2. The molecule has 0 spiro atoms. The number of piperidine rings is 1. The van der Waals surface area contributed by atoms with Crippen LogP contribution in [0.15, 0.2) is 18.3 Å². The average Bonchev–Trinajstić information content (AvgIpc) is 2.65. The summed E-state index contributed by atoms with van der Waals surface area (Å²) < 4.78 is 0. The number of fused-ring (bicyclic) bond motifs is 2. The van der Waals surface area contributed by atoms with Crippen LogP contribution < -0.4 is 5.73 Å². The van der Waals surface area contributed by atoms with Gasteiger partial charge in [0, 0.05) is 24.3 Å². The maximum Gasteiger partial charge on any atom is 0.229 e. The molecule has 3 rings (SSSR count). The Labute approximate surface area is 114 Å². The zero-order valence-electron chi connectivity index (χ0n) is 11.4. The number of aromatic nitrogens is 1. The summed E-state index contributed by atoms with van der Waals surface area (Å²) in [6.07, 6.45) is 6.34. The van der Waals surface area contributed by atoms with Gasteiger partial charge in [0.25, 0.3) is 0 Å². The molecule has 0 aromatic carbocycles. The molecular weight excluding hydrogens is 238 g/mol. The zero-order chi connectivity index (χ0) is 13.4. The highest BCUT2D eigenvalue weighted by atomic mass is 16.2. The number of carbonyl (C=O) groups is 1. The van der Waals surface area contributed by atoms with Gasteiger partial charge in [-0.25, -0.2) is 0 Å². The van der Waals surface area contributed by atoms with Gasteiger partial charge < -0.3 is 10.6 Å². The number of nitrogens with two attached hydrogens (primary N) is 1. The molecule has 2 bridgehead atoms. The molecule has 4 nitrogen and oxygen atoms in total. The lowest BCUT2D eigenvalue weighted by Crippen LogP contribution is -2.50. The van der Waals surface area contributed by atoms with Gasteiger partial charge in [0.15, 0.2) is 0 Å². The van der Waals surface area contributed by atoms with E-state index in [1.165, 1.54) is 0 Å². The Morgan fingerprint density at radius 2 is 2.11 bits per heavy atom. The van der Waals surface area contributed by atoms with E-state index in [2.05, 4.69) is 9.88 Å². The summed E-state index contributed by atoms with van der Waals surface area (Å²) in [5.41, 5.74) is 8.04. The molecule has 2 fully saturated rings. The Hall–Kier alpha value is -1.42. The third-order valence-electron chi connectivity index (χ3n) is 4.49. The van der Waals surface area contributed by atoms with Crippen molar-refractivity contribution in [1.82, 2.24) is 9.88 Å². The predicted octanol–water partition coefficient (Wildman–Crippen LogP) is 1.41. The van der Waals surface area contributed by atoms with E-state index in [1.54, 1.807) is 6.20 Å². The van der Waals surface area contributed by atoms with Crippen molar-refractivity contribution in [2.75, 3.05) is 0 Å². The van der Waals surface area contributed by atoms with Gasteiger partial charge >= 0.3 is 0 Å². The predicted molar refractivity (Wildman–Crippen MR) is 73.5 cm³/mol. The number of hydrogen-bond acceptors (Lipinski definition) is 3. The zero-order valence-corrected chi connectivity index (χ0v) is 11.4. The molecule has 3 heterocycles. The normalized spacial score (nSPS) is 29.6. The molecule has 2 atom stereocenters. The molecule has 1 aromatic heterocycles. The van der Waals surface area contributed by atoms with E-state index in [0.29, 0.717) is 18.5 Å². The molecule has 0 saturated carbocycles. The summed E-state index contributed by atoms with van der Waals surface area (Å²) in [7, 11) is 0. The molecule has 102 valence electrons.